The lowest BCUT2D eigenvalue weighted by Gasteiger charge is -2.25. The van der Waals surface area contributed by atoms with Crippen LogP contribution in [0.25, 0.3) is 16.8 Å². The Labute approximate surface area is 281 Å². The number of carbonyl (C=O) groups excluding carboxylic acids is 1. The lowest BCUT2D eigenvalue weighted by Crippen LogP contribution is -2.40. The van der Waals surface area contributed by atoms with Gasteiger partial charge in [0, 0.05) is 15.6 Å². The number of fused-ring (bicyclic) bond motifs is 2. The van der Waals surface area contributed by atoms with E-state index in [1.54, 1.807) is 44.2 Å². The standard InChI is InChI=1S/C34H25Cl2IN2O4S/c1-3-42-33(41)29-19(2)38-34-39(30(29)25-13-6-7-14-26(25)36)32(40)28(44-34)16-22-15-23(35)17-27(37)31(22)43-18-21-11-8-10-20-9-4-5-12-24(20)21/h4-17,30H,3,18H2,1-2H3/b28-16-/t30-/m0/s1. The molecule has 0 N–H and O–H groups in total. The highest BCUT2D eigenvalue weighted by Crippen LogP contribution is 2.35. The van der Waals surface area contributed by atoms with Gasteiger partial charge < -0.3 is 9.47 Å². The quantitative estimate of drug-likeness (QED) is 0.128. The highest BCUT2D eigenvalue weighted by Gasteiger charge is 2.34. The molecule has 1 aliphatic heterocycles. The summed E-state index contributed by atoms with van der Waals surface area (Å²) in [5.41, 5.74) is 2.73. The van der Waals surface area contributed by atoms with Crippen molar-refractivity contribution in [2.75, 3.05) is 6.61 Å². The van der Waals surface area contributed by atoms with E-state index >= 15 is 0 Å². The van der Waals surface area contributed by atoms with Crippen molar-refractivity contribution in [1.82, 2.24) is 4.57 Å². The molecule has 44 heavy (non-hydrogen) atoms. The lowest BCUT2D eigenvalue weighted by molar-refractivity contribution is -0.139. The summed E-state index contributed by atoms with van der Waals surface area (Å²) in [4.78, 5) is 32.4. The minimum atomic E-state index is -0.803. The van der Waals surface area contributed by atoms with E-state index in [0.29, 0.717) is 48.6 Å². The number of benzene rings is 4. The van der Waals surface area contributed by atoms with E-state index in [9.17, 15) is 9.59 Å². The number of aromatic nitrogens is 1. The van der Waals surface area contributed by atoms with E-state index < -0.39 is 12.0 Å². The number of thiazole rings is 1. The first-order chi connectivity index (χ1) is 21.3. The molecule has 5 aromatic rings. The Morgan fingerprint density at radius 1 is 1.07 bits per heavy atom. The third-order valence-electron chi connectivity index (χ3n) is 7.29. The molecule has 0 unspecified atom stereocenters. The Balaban J connectivity index is 1.48. The second-order valence-electron chi connectivity index (χ2n) is 10.1. The van der Waals surface area contributed by atoms with Gasteiger partial charge in [-0.25, -0.2) is 9.79 Å². The summed E-state index contributed by atoms with van der Waals surface area (Å²) in [5, 5.41) is 3.19. The van der Waals surface area contributed by atoms with E-state index in [2.05, 4.69) is 45.8 Å². The summed E-state index contributed by atoms with van der Waals surface area (Å²) in [6.45, 7) is 3.99. The minimum absolute atomic E-state index is 0.185. The number of carbonyl (C=O) groups is 1. The average Bonchev–Trinajstić information content (AvgIpc) is 3.30. The Morgan fingerprint density at radius 2 is 1.82 bits per heavy atom. The molecular formula is C34H25Cl2IN2O4S. The largest absolute Gasteiger partial charge is 0.487 e. The van der Waals surface area contributed by atoms with E-state index in [1.807, 2.05) is 36.4 Å². The van der Waals surface area contributed by atoms with Gasteiger partial charge in [-0.05, 0) is 82.6 Å². The zero-order chi connectivity index (χ0) is 31.0. The first kappa shape index (κ1) is 30.6. The molecule has 0 saturated carbocycles. The summed E-state index contributed by atoms with van der Waals surface area (Å²) in [6, 6.07) is 24.3. The zero-order valence-corrected chi connectivity index (χ0v) is 28.1. The number of ether oxygens (including phenoxy) is 2. The molecule has 1 aromatic heterocycles. The smallest absolute Gasteiger partial charge is 0.338 e. The molecule has 222 valence electrons. The van der Waals surface area contributed by atoms with Crippen LogP contribution in [0.5, 0.6) is 5.75 Å². The van der Waals surface area contributed by atoms with Crippen LogP contribution in [0, 0.1) is 3.57 Å². The summed E-state index contributed by atoms with van der Waals surface area (Å²) >= 11 is 16.5. The van der Waals surface area contributed by atoms with Crippen molar-refractivity contribution >= 4 is 79.9 Å². The lowest BCUT2D eigenvalue weighted by atomic mass is 9.96. The monoisotopic (exact) mass is 754 g/mol. The highest BCUT2D eigenvalue weighted by atomic mass is 127. The predicted octanol–water partition coefficient (Wildman–Crippen LogP) is 7.44. The third-order valence-corrected chi connectivity index (χ3v) is 9.64. The molecule has 6 nitrogen and oxygen atoms in total. The average molecular weight is 755 g/mol. The fraction of sp³-hybridized carbons (Fsp3) is 0.147. The molecular weight excluding hydrogens is 730 g/mol. The Morgan fingerprint density at radius 3 is 2.61 bits per heavy atom. The number of halogens is 3. The van der Waals surface area contributed by atoms with Gasteiger partial charge in [0.05, 0.1) is 26.0 Å². The zero-order valence-electron chi connectivity index (χ0n) is 23.6. The summed E-state index contributed by atoms with van der Waals surface area (Å²) in [5.74, 6) is 0.0706. The topological polar surface area (TPSA) is 69.9 Å². The molecule has 0 spiro atoms. The van der Waals surface area contributed by atoms with Crippen LogP contribution < -0.4 is 19.6 Å². The van der Waals surface area contributed by atoms with Gasteiger partial charge >= 0.3 is 5.97 Å². The Bertz CT molecular complexity index is 2150. The van der Waals surface area contributed by atoms with Crippen molar-refractivity contribution in [2.24, 2.45) is 4.99 Å². The molecule has 0 bridgehead atoms. The van der Waals surface area contributed by atoms with Crippen molar-refractivity contribution < 1.29 is 14.3 Å². The minimum Gasteiger partial charge on any atom is -0.487 e. The van der Waals surface area contributed by atoms with E-state index in [0.717, 1.165) is 19.9 Å². The van der Waals surface area contributed by atoms with Crippen LogP contribution in [0.2, 0.25) is 10.0 Å². The van der Waals surface area contributed by atoms with Crippen molar-refractivity contribution in [2.45, 2.75) is 26.5 Å². The van der Waals surface area contributed by atoms with Crippen molar-refractivity contribution in [3.63, 3.8) is 0 Å². The van der Waals surface area contributed by atoms with Crippen molar-refractivity contribution in [3.05, 3.63) is 140 Å². The second kappa shape index (κ2) is 12.9. The number of rotatable bonds is 7. The van der Waals surface area contributed by atoms with Crippen LogP contribution in [0.4, 0.5) is 0 Å². The maximum Gasteiger partial charge on any atom is 0.338 e. The fourth-order valence-electron chi connectivity index (χ4n) is 5.33. The Hall–Kier alpha value is -3.44. The number of allylic oxidation sites excluding steroid dienone is 1. The number of esters is 1. The van der Waals surface area contributed by atoms with Crippen molar-refractivity contribution in [1.29, 1.82) is 0 Å². The van der Waals surface area contributed by atoms with Gasteiger partial charge in [0.25, 0.3) is 5.56 Å². The maximum absolute atomic E-state index is 14.1. The fourth-order valence-corrected chi connectivity index (χ4v) is 7.82. The van der Waals surface area contributed by atoms with Gasteiger partial charge in [-0.15, -0.1) is 0 Å². The molecule has 0 aliphatic carbocycles. The van der Waals surface area contributed by atoms with Gasteiger partial charge in [0.1, 0.15) is 18.4 Å². The van der Waals surface area contributed by atoms with E-state index in [-0.39, 0.29) is 17.7 Å². The van der Waals surface area contributed by atoms with Gasteiger partial charge in [-0.1, -0.05) is 95.2 Å². The molecule has 10 heteroatoms. The van der Waals surface area contributed by atoms with Crippen LogP contribution in [0.3, 0.4) is 0 Å². The number of hydrogen-bond donors (Lipinski definition) is 0. The first-order valence-electron chi connectivity index (χ1n) is 13.8. The van der Waals surface area contributed by atoms with Crippen LogP contribution in [0.1, 0.15) is 36.6 Å². The third kappa shape index (κ3) is 5.83. The predicted molar refractivity (Wildman–Crippen MR) is 184 cm³/mol. The number of hydrogen-bond acceptors (Lipinski definition) is 6. The molecule has 6 rings (SSSR count). The molecule has 0 fully saturated rings. The van der Waals surface area contributed by atoms with E-state index in [1.165, 1.54) is 15.9 Å². The molecule has 0 saturated heterocycles. The molecule has 1 atom stereocenters. The van der Waals surface area contributed by atoms with Gasteiger partial charge in [-0.3, -0.25) is 9.36 Å². The molecule has 0 radical (unpaired) electrons. The Kier molecular flexibility index (Phi) is 8.96. The van der Waals surface area contributed by atoms with E-state index in [4.69, 9.17) is 32.7 Å². The van der Waals surface area contributed by atoms with Gasteiger partial charge in [0.15, 0.2) is 4.80 Å². The highest BCUT2D eigenvalue weighted by molar-refractivity contribution is 14.1. The van der Waals surface area contributed by atoms with Crippen LogP contribution in [-0.2, 0) is 16.1 Å². The molecule has 0 amide bonds. The molecule has 2 heterocycles. The molecule has 4 aromatic carbocycles. The van der Waals surface area contributed by atoms with Crippen LogP contribution in [-0.4, -0.2) is 17.1 Å². The summed E-state index contributed by atoms with van der Waals surface area (Å²) < 4.78 is 14.5. The first-order valence-corrected chi connectivity index (χ1v) is 16.4. The summed E-state index contributed by atoms with van der Waals surface area (Å²) in [6.07, 6.45) is 1.77. The molecule has 1 aliphatic rings. The van der Waals surface area contributed by atoms with Crippen molar-refractivity contribution in [3.8, 4) is 5.75 Å². The van der Waals surface area contributed by atoms with Gasteiger partial charge in [-0.2, -0.15) is 0 Å². The van der Waals surface area contributed by atoms with Crippen LogP contribution in [0.15, 0.2) is 99.9 Å². The van der Waals surface area contributed by atoms with Gasteiger partial charge in [0.2, 0.25) is 0 Å². The SMILES string of the molecule is CCOC(=O)C1=C(C)N=c2s/c(=C\c3cc(Cl)cc(I)c3OCc3cccc4ccccc34)c(=O)n2[C@H]1c1ccccc1Cl. The normalized spacial score (nSPS) is 14.8. The summed E-state index contributed by atoms with van der Waals surface area (Å²) in [7, 11) is 0. The second-order valence-corrected chi connectivity index (χ2v) is 13.1. The number of nitrogens with zero attached hydrogens (tertiary/aromatic N) is 2. The maximum atomic E-state index is 14.1. The van der Waals surface area contributed by atoms with Crippen LogP contribution >= 0.6 is 57.1 Å².